The van der Waals surface area contributed by atoms with Gasteiger partial charge in [-0.25, -0.2) is 0 Å². The molecule has 0 saturated carbocycles. The van der Waals surface area contributed by atoms with Gasteiger partial charge in [0, 0.05) is 19.6 Å². The van der Waals surface area contributed by atoms with Crippen LogP contribution in [0.1, 0.15) is 11.1 Å². The van der Waals surface area contributed by atoms with Crippen LogP contribution in [0.2, 0.25) is 0 Å². The number of aliphatic hydroxyl groups excluding tert-OH is 1. The monoisotopic (exact) mass is 288 g/mol. The lowest BCUT2D eigenvalue weighted by Gasteiger charge is -2.01. The predicted octanol–water partition coefficient (Wildman–Crippen LogP) is 1.92. The summed E-state index contributed by atoms with van der Waals surface area (Å²) in [5, 5.41) is 11.6. The van der Waals surface area contributed by atoms with Crippen LogP contribution in [0, 0.1) is 0 Å². The summed E-state index contributed by atoms with van der Waals surface area (Å²) in [6.07, 6.45) is 0. The minimum Gasteiger partial charge on any atom is -0.497 e. The maximum atomic E-state index is 8.48. The molecule has 0 radical (unpaired) electrons. The van der Waals surface area contributed by atoms with E-state index in [0.29, 0.717) is 13.1 Å². The van der Waals surface area contributed by atoms with E-state index in [2.05, 4.69) is 17.4 Å². The molecule has 0 unspecified atom stereocenters. The lowest BCUT2D eigenvalue weighted by molar-refractivity contribution is 0.292. The van der Waals surface area contributed by atoms with E-state index < -0.39 is 0 Å². The molecule has 21 heavy (non-hydrogen) atoms. The second-order valence-electron chi connectivity index (χ2n) is 4.44. The number of ether oxygens (including phenoxy) is 1. The van der Waals surface area contributed by atoms with Crippen molar-refractivity contribution in [2.75, 3.05) is 20.3 Å². The molecule has 4 heteroatoms. The Morgan fingerprint density at radius 2 is 1.67 bits per heavy atom. The molecule has 0 heterocycles. The van der Waals surface area contributed by atoms with Crippen molar-refractivity contribution in [1.82, 2.24) is 5.32 Å². The third-order valence-corrected chi connectivity index (χ3v) is 2.86. The Balaban J connectivity index is 0.000000211. The van der Waals surface area contributed by atoms with Gasteiger partial charge in [0.05, 0.1) is 13.7 Å². The molecule has 0 atom stereocenters. The molecule has 0 aliphatic rings. The van der Waals surface area contributed by atoms with Gasteiger partial charge in [0.25, 0.3) is 0 Å². The summed E-state index contributed by atoms with van der Waals surface area (Å²) in [5.74, 6) is 0.872. The highest BCUT2D eigenvalue weighted by Gasteiger charge is 1.89. The minimum atomic E-state index is 0.201. The smallest absolute Gasteiger partial charge is 0.118 e. The molecule has 0 bridgehead atoms. The normalized spacial score (nSPS) is 9.67. The topological polar surface area (TPSA) is 67.5 Å². The van der Waals surface area contributed by atoms with Crippen LogP contribution in [0.5, 0.6) is 5.75 Å². The summed E-state index contributed by atoms with van der Waals surface area (Å²) >= 11 is 0. The number of methoxy groups -OCH3 is 1. The summed E-state index contributed by atoms with van der Waals surface area (Å²) in [6.45, 7) is 2.28. The Hall–Kier alpha value is -1.88. The lowest BCUT2D eigenvalue weighted by atomic mass is 10.2. The van der Waals surface area contributed by atoms with Crippen LogP contribution in [0.4, 0.5) is 0 Å². The molecule has 0 spiro atoms. The van der Waals surface area contributed by atoms with Crippen molar-refractivity contribution in [3.63, 3.8) is 0 Å². The van der Waals surface area contributed by atoms with E-state index in [4.69, 9.17) is 15.6 Å². The molecule has 2 rings (SSSR count). The predicted molar refractivity (Wildman–Crippen MR) is 86.1 cm³/mol. The summed E-state index contributed by atoms with van der Waals surface area (Å²) in [4.78, 5) is 0. The number of hydrogen-bond acceptors (Lipinski definition) is 4. The highest BCUT2D eigenvalue weighted by Crippen LogP contribution is 2.10. The third kappa shape index (κ3) is 7.46. The average Bonchev–Trinajstić information content (AvgIpc) is 2.57. The van der Waals surface area contributed by atoms with E-state index in [9.17, 15) is 0 Å². The van der Waals surface area contributed by atoms with E-state index in [-0.39, 0.29) is 6.61 Å². The first kappa shape index (κ1) is 17.2. The molecule has 0 aliphatic carbocycles. The maximum Gasteiger partial charge on any atom is 0.118 e. The molecular formula is C17H24N2O2. The zero-order valence-corrected chi connectivity index (χ0v) is 12.5. The Morgan fingerprint density at radius 3 is 2.19 bits per heavy atom. The van der Waals surface area contributed by atoms with Gasteiger partial charge in [-0.2, -0.15) is 0 Å². The zero-order valence-electron chi connectivity index (χ0n) is 12.5. The van der Waals surface area contributed by atoms with Crippen LogP contribution < -0.4 is 15.8 Å². The van der Waals surface area contributed by atoms with Crippen LogP contribution in [-0.4, -0.2) is 25.4 Å². The second kappa shape index (κ2) is 10.9. The van der Waals surface area contributed by atoms with E-state index in [1.165, 1.54) is 5.56 Å². The quantitative estimate of drug-likeness (QED) is 0.711. The van der Waals surface area contributed by atoms with Crippen molar-refractivity contribution in [2.24, 2.45) is 5.73 Å². The zero-order chi connectivity index (χ0) is 15.3. The van der Waals surface area contributed by atoms with Gasteiger partial charge in [0.15, 0.2) is 0 Å². The summed E-state index contributed by atoms with van der Waals surface area (Å²) in [7, 11) is 1.65. The minimum absolute atomic E-state index is 0.201. The van der Waals surface area contributed by atoms with Crippen molar-refractivity contribution < 1.29 is 9.84 Å². The SMILES string of the molecule is COc1ccc(CN)cc1.OCCNCc1ccccc1. The van der Waals surface area contributed by atoms with Crippen LogP contribution in [0.3, 0.4) is 0 Å². The number of benzene rings is 2. The Morgan fingerprint density at radius 1 is 1.00 bits per heavy atom. The highest BCUT2D eigenvalue weighted by atomic mass is 16.5. The Labute approximate surface area is 126 Å². The number of aliphatic hydroxyl groups is 1. The molecule has 114 valence electrons. The highest BCUT2D eigenvalue weighted by molar-refractivity contribution is 5.26. The fraction of sp³-hybridized carbons (Fsp3) is 0.294. The van der Waals surface area contributed by atoms with Crippen LogP contribution in [-0.2, 0) is 13.1 Å². The van der Waals surface area contributed by atoms with E-state index in [0.717, 1.165) is 17.9 Å². The number of nitrogens with one attached hydrogen (secondary N) is 1. The first-order valence-electron chi connectivity index (χ1n) is 6.98. The van der Waals surface area contributed by atoms with E-state index >= 15 is 0 Å². The van der Waals surface area contributed by atoms with Gasteiger partial charge in [-0.3, -0.25) is 0 Å². The van der Waals surface area contributed by atoms with Gasteiger partial charge in [0.1, 0.15) is 5.75 Å². The van der Waals surface area contributed by atoms with Crippen molar-refractivity contribution in [3.05, 3.63) is 65.7 Å². The molecule has 2 aromatic carbocycles. The van der Waals surface area contributed by atoms with E-state index in [1.54, 1.807) is 7.11 Å². The molecule has 0 aliphatic heterocycles. The van der Waals surface area contributed by atoms with E-state index in [1.807, 2.05) is 42.5 Å². The largest absolute Gasteiger partial charge is 0.497 e. The number of hydrogen-bond donors (Lipinski definition) is 3. The van der Waals surface area contributed by atoms with Crippen molar-refractivity contribution in [3.8, 4) is 5.75 Å². The summed E-state index contributed by atoms with van der Waals surface area (Å²) < 4.78 is 4.97. The standard InChI is InChI=1S/C9H13NO.C8H11NO/c11-7-6-10-8-9-4-2-1-3-5-9;1-10-8-4-2-7(6-9)3-5-8/h1-5,10-11H,6-8H2;2-5H,6,9H2,1H3. The number of nitrogens with two attached hydrogens (primary N) is 1. The molecule has 0 aromatic heterocycles. The van der Waals surface area contributed by atoms with Crippen molar-refractivity contribution in [1.29, 1.82) is 0 Å². The Kier molecular flexibility index (Phi) is 8.88. The fourth-order valence-electron chi connectivity index (χ4n) is 1.67. The fourth-order valence-corrected chi connectivity index (χ4v) is 1.67. The van der Waals surface area contributed by atoms with Gasteiger partial charge in [0.2, 0.25) is 0 Å². The summed E-state index contributed by atoms with van der Waals surface area (Å²) in [6, 6.07) is 17.9. The van der Waals surface area contributed by atoms with Crippen molar-refractivity contribution >= 4 is 0 Å². The van der Waals surface area contributed by atoms with Crippen LogP contribution in [0.15, 0.2) is 54.6 Å². The molecule has 2 aromatic rings. The van der Waals surface area contributed by atoms with Gasteiger partial charge in [-0.15, -0.1) is 0 Å². The Bertz CT molecular complexity index is 449. The average molecular weight is 288 g/mol. The van der Waals surface area contributed by atoms with Gasteiger partial charge in [-0.1, -0.05) is 42.5 Å². The first-order chi connectivity index (χ1) is 10.3. The van der Waals surface area contributed by atoms with Gasteiger partial charge in [-0.05, 0) is 23.3 Å². The van der Waals surface area contributed by atoms with Crippen LogP contribution in [0.25, 0.3) is 0 Å². The molecule has 4 N–H and O–H groups in total. The first-order valence-corrected chi connectivity index (χ1v) is 6.98. The molecule has 0 saturated heterocycles. The number of rotatable bonds is 6. The maximum absolute atomic E-state index is 8.48. The second-order valence-corrected chi connectivity index (χ2v) is 4.44. The molecule has 0 fully saturated rings. The molecule has 0 amide bonds. The van der Waals surface area contributed by atoms with Crippen LogP contribution >= 0.6 is 0 Å². The lowest BCUT2D eigenvalue weighted by Crippen LogP contribution is -2.17. The molecular weight excluding hydrogens is 264 g/mol. The van der Waals surface area contributed by atoms with Gasteiger partial charge < -0.3 is 20.9 Å². The van der Waals surface area contributed by atoms with Crippen molar-refractivity contribution in [2.45, 2.75) is 13.1 Å². The summed E-state index contributed by atoms with van der Waals surface area (Å²) in [5.41, 5.74) is 7.78. The third-order valence-electron chi connectivity index (χ3n) is 2.86. The molecule has 4 nitrogen and oxygen atoms in total. The van der Waals surface area contributed by atoms with Gasteiger partial charge >= 0.3 is 0 Å².